The maximum Gasteiger partial charge on any atom is 0.290 e. The number of benzene rings is 1. The van der Waals surface area contributed by atoms with E-state index in [-0.39, 0.29) is 6.47 Å². The third-order valence-corrected chi connectivity index (χ3v) is 2.09. The molecule has 66 valence electrons. The minimum Gasteiger partial charge on any atom is -0.483 e. The lowest BCUT2D eigenvalue weighted by Gasteiger charge is -1.92. The molecular formula is C8H9ClO2S. The van der Waals surface area contributed by atoms with Crippen LogP contribution in [-0.4, -0.2) is 11.6 Å². The van der Waals surface area contributed by atoms with Crippen LogP contribution in [0.15, 0.2) is 29.2 Å². The predicted molar refractivity (Wildman–Crippen MR) is 51.6 cm³/mol. The molecule has 0 aromatic heterocycles. The summed E-state index contributed by atoms with van der Waals surface area (Å²) < 4.78 is 0. The van der Waals surface area contributed by atoms with Crippen LogP contribution in [0.4, 0.5) is 0 Å². The number of rotatable bonds is 1. The molecule has 0 saturated heterocycles. The molecule has 1 N–H and O–H groups in total. The summed E-state index contributed by atoms with van der Waals surface area (Å²) in [6, 6.07) is 8.11. The van der Waals surface area contributed by atoms with Crippen LogP contribution in [0.1, 0.15) is 5.56 Å². The van der Waals surface area contributed by atoms with Crippen LogP contribution >= 0.6 is 21.7 Å². The quantitative estimate of drug-likeness (QED) is 0.715. The van der Waals surface area contributed by atoms with Gasteiger partial charge in [0.2, 0.25) is 0 Å². The van der Waals surface area contributed by atoms with E-state index in [0.717, 1.165) is 4.90 Å². The first-order valence-corrected chi connectivity index (χ1v) is 4.82. The summed E-state index contributed by atoms with van der Waals surface area (Å²) in [6.07, 6.45) is 0. The van der Waals surface area contributed by atoms with Crippen molar-refractivity contribution in [2.24, 2.45) is 0 Å². The lowest BCUT2D eigenvalue weighted by molar-refractivity contribution is -0.122. The van der Waals surface area contributed by atoms with Crippen LogP contribution in [0, 0.1) is 6.92 Å². The van der Waals surface area contributed by atoms with Crippen molar-refractivity contribution in [3.8, 4) is 0 Å². The molecule has 0 amide bonds. The number of aryl methyl sites for hydroxylation is 1. The molecule has 0 unspecified atom stereocenters. The second kappa shape index (κ2) is 7.00. The Morgan fingerprint density at radius 1 is 1.42 bits per heavy atom. The third kappa shape index (κ3) is 5.04. The average molecular weight is 205 g/mol. The van der Waals surface area contributed by atoms with Crippen molar-refractivity contribution >= 4 is 28.1 Å². The summed E-state index contributed by atoms with van der Waals surface area (Å²) >= 11 is 0. The molecule has 0 aliphatic rings. The van der Waals surface area contributed by atoms with Crippen LogP contribution in [0.3, 0.4) is 0 Å². The first-order valence-electron chi connectivity index (χ1n) is 3.17. The van der Waals surface area contributed by atoms with Gasteiger partial charge in [-0.05, 0) is 40.7 Å². The Labute approximate surface area is 80.1 Å². The normalized spacial score (nSPS) is 8.17. The highest BCUT2D eigenvalue weighted by Crippen LogP contribution is 2.21. The number of hydrogen-bond acceptors (Lipinski definition) is 2. The Bertz CT molecular complexity index is 223. The lowest BCUT2D eigenvalue weighted by Crippen LogP contribution is -1.68. The van der Waals surface area contributed by atoms with Gasteiger partial charge in [-0.15, -0.1) is 0 Å². The van der Waals surface area contributed by atoms with Crippen molar-refractivity contribution in [3.05, 3.63) is 29.8 Å². The summed E-state index contributed by atoms with van der Waals surface area (Å²) in [5.41, 5.74) is 1.27. The smallest absolute Gasteiger partial charge is 0.290 e. The molecule has 0 heterocycles. The van der Waals surface area contributed by atoms with Gasteiger partial charge in [-0.2, -0.15) is 0 Å². The summed E-state index contributed by atoms with van der Waals surface area (Å²) in [4.78, 5) is 9.46. The second-order valence-corrected chi connectivity index (χ2v) is 3.08. The lowest BCUT2D eigenvalue weighted by atomic mass is 10.2. The summed E-state index contributed by atoms with van der Waals surface area (Å²) in [6.45, 7) is 1.81. The SMILES string of the molecule is Cc1ccc(SCl)cc1.O=CO. The van der Waals surface area contributed by atoms with E-state index in [1.807, 2.05) is 24.3 Å². The minimum absolute atomic E-state index is 0.250. The van der Waals surface area contributed by atoms with Crippen molar-refractivity contribution in [1.82, 2.24) is 0 Å². The Morgan fingerprint density at radius 3 is 2.17 bits per heavy atom. The van der Waals surface area contributed by atoms with E-state index in [1.54, 1.807) is 0 Å². The first-order chi connectivity index (χ1) is 5.74. The summed E-state index contributed by atoms with van der Waals surface area (Å²) in [7, 11) is 6.75. The molecule has 0 bridgehead atoms. The molecule has 0 atom stereocenters. The van der Waals surface area contributed by atoms with Crippen LogP contribution in [0.25, 0.3) is 0 Å². The summed E-state index contributed by atoms with van der Waals surface area (Å²) in [5.74, 6) is 0. The Morgan fingerprint density at radius 2 is 1.83 bits per heavy atom. The maximum atomic E-state index is 8.36. The molecule has 1 rings (SSSR count). The number of carbonyl (C=O) groups is 1. The Hall–Kier alpha value is -0.670. The molecule has 1 aromatic rings. The number of hydrogen-bond donors (Lipinski definition) is 1. The molecule has 0 fully saturated rings. The molecule has 0 saturated carbocycles. The van der Waals surface area contributed by atoms with Gasteiger partial charge >= 0.3 is 0 Å². The highest BCUT2D eigenvalue weighted by Gasteiger charge is 1.87. The van der Waals surface area contributed by atoms with Gasteiger partial charge in [-0.1, -0.05) is 17.7 Å². The van der Waals surface area contributed by atoms with Gasteiger partial charge in [0.05, 0.1) is 0 Å². The van der Waals surface area contributed by atoms with Gasteiger partial charge in [0.15, 0.2) is 0 Å². The molecule has 12 heavy (non-hydrogen) atoms. The molecule has 0 aliphatic carbocycles. The fourth-order valence-corrected chi connectivity index (χ4v) is 1.14. The highest BCUT2D eigenvalue weighted by atomic mass is 35.7. The van der Waals surface area contributed by atoms with Crippen molar-refractivity contribution in [2.45, 2.75) is 11.8 Å². The van der Waals surface area contributed by atoms with Crippen molar-refractivity contribution < 1.29 is 9.90 Å². The van der Waals surface area contributed by atoms with Gasteiger partial charge in [-0.25, -0.2) is 0 Å². The zero-order valence-corrected chi connectivity index (χ0v) is 8.10. The van der Waals surface area contributed by atoms with E-state index in [4.69, 9.17) is 20.6 Å². The van der Waals surface area contributed by atoms with Crippen molar-refractivity contribution in [2.75, 3.05) is 0 Å². The highest BCUT2D eigenvalue weighted by molar-refractivity contribution is 8.21. The Balaban J connectivity index is 0.000000354. The van der Waals surface area contributed by atoms with Crippen LogP contribution in [-0.2, 0) is 4.79 Å². The molecule has 2 nitrogen and oxygen atoms in total. The molecular weight excluding hydrogens is 196 g/mol. The van der Waals surface area contributed by atoms with E-state index < -0.39 is 0 Å². The summed E-state index contributed by atoms with van der Waals surface area (Å²) in [5, 5.41) is 6.89. The van der Waals surface area contributed by atoms with Gasteiger partial charge in [0.1, 0.15) is 0 Å². The monoisotopic (exact) mass is 204 g/mol. The van der Waals surface area contributed by atoms with Gasteiger partial charge < -0.3 is 5.11 Å². The Kier molecular flexibility index (Phi) is 6.61. The van der Waals surface area contributed by atoms with Gasteiger partial charge in [-0.3, -0.25) is 4.79 Å². The molecule has 1 aromatic carbocycles. The van der Waals surface area contributed by atoms with E-state index in [9.17, 15) is 0 Å². The predicted octanol–water partition coefficient (Wildman–Crippen LogP) is 2.94. The standard InChI is InChI=1S/C7H7ClS.CH2O2/c1-6-2-4-7(9-8)5-3-6;2-1-3/h2-5H,1H3;1H,(H,2,3). The van der Waals surface area contributed by atoms with Crippen LogP contribution in [0.2, 0.25) is 0 Å². The molecule has 0 radical (unpaired) electrons. The van der Waals surface area contributed by atoms with Crippen molar-refractivity contribution in [1.29, 1.82) is 0 Å². The minimum atomic E-state index is -0.250. The molecule has 0 aliphatic heterocycles. The largest absolute Gasteiger partial charge is 0.483 e. The van der Waals surface area contributed by atoms with Gasteiger partial charge in [0.25, 0.3) is 6.47 Å². The zero-order valence-electron chi connectivity index (χ0n) is 6.53. The third-order valence-electron chi connectivity index (χ3n) is 1.11. The van der Waals surface area contributed by atoms with Gasteiger partial charge in [0, 0.05) is 4.90 Å². The number of halogens is 1. The average Bonchev–Trinajstić information content (AvgIpc) is 2.07. The number of carboxylic acid groups (broad SMARTS) is 1. The van der Waals surface area contributed by atoms with E-state index in [1.165, 1.54) is 16.5 Å². The van der Waals surface area contributed by atoms with Crippen molar-refractivity contribution in [3.63, 3.8) is 0 Å². The zero-order chi connectivity index (χ0) is 9.40. The van der Waals surface area contributed by atoms with Crippen LogP contribution < -0.4 is 0 Å². The van der Waals surface area contributed by atoms with Crippen LogP contribution in [0.5, 0.6) is 0 Å². The fourth-order valence-electron chi connectivity index (χ4n) is 0.590. The van der Waals surface area contributed by atoms with E-state index in [2.05, 4.69) is 6.92 Å². The molecule has 4 heteroatoms. The van der Waals surface area contributed by atoms with E-state index in [0.29, 0.717) is 0 Å². The molecule has 0 spiro atoms. The van der Waals surface area contributed by atoms with E-state index >= 15 is 0 Å². The second-order valence-electron chi connectivity index (χ2n) is 2.00. The maximum absolute atomic E-state index is 8.36. The first kappa shape index (κ1) is 11.3. The topological polar surface area (TPSA) is 37.3 Å². The fraction of sp³-hybridized carbons (Fsp3) is 0.125.